The highest BCUT2D eigenvalue weighted by Gasteiger charge is 1.96. The van der Waals surface area contributed by atoms with Gasteiger partial charge in [0.2, 0.25) is 5.91 Å². The molecular weight excluding hydrogens is 317 g/mol. The number of halogens is 1. The molecule has 1 aromatic rings. The molecule has 16 heavy (non-hydrogen) atoms. The van der Waals surface area contributed by atoms with Crippen LogP contribution in [-0.2, 0) is 4.79 Å². The molecule has 1 aromatic carbocycles. The van der Waals surface area contributed by atoms with Crippen molar-refractivity contribution >= 4 is 34.7 Å². The van der Waals surface area contributed by atoms with Crippen LogP contribution in [0.4, 0.5) is 0 Å². The van der Waals surface area contributed by atoms with E-state index in [1.807, 2.05) is 24.3 Å². The molecule has 0 saturated heterocycles. The number of benzene rings is 1. The van der Waals surface area contributed by atoms with Crippen LogP contribution in [0.5, 0.6) is 0 Å². The number of nitrogens with one attached hydrogen (secondary N) is 1. The summed E-state index contributed by atoms with van der Waals surface area (Å²) in [4.78, 5) is 11.2. The first-order valence-electron chi connectivity index (χ1n) is 5.00. The highest BCUT2D eigenvalue weighted by Crippen LogP contribution is 2.05. The van der Waals surface area contributed by atoms with Crippen molar-refractivity contribution in [3.05, 3.63) is 33.4 Å². The van der Waals surface area contributed by atoms with E-state index >= 15 is 0 Å². The van der Waals surface area contributed by atoms with E-state index in [9.17, 15) is 4.79 Å². The third-order valence-corrected chi connectivity index (χ3v) is 2.53. The quantitative estimate of drug-likeness (QED) is 0.488. The summed E-state index contributed by atoms with van der Waals surface area (Å²) in [5, 5.41) is 3.87. The third kappa shape index (κ3) is 5.22. The van der Waals surface area contributed by atoms with Gasteiger partial charge in [-0.05, 0) is 53.3 Å². The molecular formula is C11H14IN3O. The first-order valence-corrected chi connectivity index (χ1v) is 6.08. The average molecular weight is 331 g/mol. The van der Waals surface area contributed by atoms with Gasteiger partial charge in [-0.2, -0.15) is 5.10 Å². The zero-order valence-corrected chi connectivity index (χ0v) is 11.0. The molecule has 0 unspecified atom stereocenters. The molecule has 0 aromatic heterocycles. The maximum absolute atomic E-state index is 11.2. The number of carbonyl (C=O) groups excluding carboxylic acids is 1. The molecule has 0 heterocycles. The SMILES string of the molecule is NCCCC(=O)N/N=C/c1cccc(I)c1. The van der Waals surface area contributed by atoms with Crippen molar-refractivity contribution in [2.24, 2.45) is 10.8 Å². The molecule has 5 heteroatoms. The second kappa shape index (κ2) is 7.34. The summed E-state index contributed by atoms with van der Waals surface area (Å²) in [6.45, 7) is 0.522. The minimum Gasteiger partial charge on any atom is -0.330 e. The fraction of sp³-hybridized carbons (Fsp3) is 0.273. The predicted octanol–water partition coefficient (Wildman–Crippen LogP) is 1.48. The summed E-state index contributed by atoms with van der Waals surface area (Å²) in [6.07, 6.45) is 2.73. The second-order valence-corrected chi connectivity index (χ2v) is 4.49. The van der Waals surface area contributed by atoms with Crippen molar-refractivity contribution < 1.29 is 4.79 Å². The Morgan fingerprint density at radius 1 is 1.56 bits per heavy atom. The number of hydrogen-bond acceptors (Lipinski definition) is 3. The fourth-order valence-electron chi connectivity index (χ4n) is 1.08. The van der Waals surface area contributed by atoms with Gasteiger partial charge in [0.1, 0.15) is 0 Å². The highest BCUT2D eigenvalue weighted by atomic mass is 127. The van der Waals surface area contributed by atoms with Crippen LogP contribution in [0.25, 0.3) is 0 Å². The van der Waals surface area contributed by atoms with Gasteiger partial charge in [-0.15, -0.1) is 0 Å². The van der Waals surface area contributed by atoms with Crippen LogP contribution in [0.3, 0.4) is 0 Å². The summed E-state index contributed by atoms with van der Waals surface area (Å²) >= 11 is 2.23. The number of hydrazone groups is 1. The Morgan fingerprint density at radius 3 is 3.06 bits per heavy atom. The molecule has 1 rings (SSSR count). The van der Waals surface area contributed by atoms with E-state index in [0.717, 1.165) is 9.13 Å². The van der Waals surface area contributed by atoms with E-state index in [4.69, 9.17) is 5.73 Å². The van der Waals surface area contributed by atoms with Crippen LogP contribution in [0.15, 0.2) is 29.4 Å². The van der Waals surface area contributed by atoms with Crippen molar-refractivity contribution in [2.75, 3.05) is 6.54 Å². The standard InChI is InChI=1S/C11H14IN3O/c12-10-4-1-3-9(7-10)8-14-15-11(16)5-2-6-13/h1,3-4,7-8H,2,5-6,13H2,(H,15,16)/b14-8+. The molecule has 0 aliphatic carbocycles. The lowest BCUT2D eigenvalue weighted by Gasteiger charge is -1.98. The molecule has 0 saturated carbocycles. The molecule has 0 atom stereocenters. The molecule has 4 nitrogen and oxygen atoms in total. The topological polar surface area (TPSA) is 67.5 Å². The van der Waals surface area contributed by atoms with Crippen LogP contribution >= 0.6 is 22.6 Å². The molecule has 0 aliphatic rings. The Hall–Kier alpha value is -0.950. The molecule has 86 valence electrons. The van der Waals surface area contributed by atoms with Crippen LogP contribution in [0.1, 0.15) is 18.4 Å². The minimum absolute atomic E-state index is 0.104. The maximum Gasteiger partial charge on any atom is 0.240 e. The summed E-state index contributed by atoms with van der Waals surface area (Å²) in [5.74, 6) is -0.104. The molecule has 1 amide bonds. The summed E-state index contributed by atoms with van der Waals surface area (Å²) < 4.78 is 1.14. The Morgan fingerprint density at radius 2 is 2.38 bits per heavy atom. The normalized spacial score (nSPS) is 10.6. The van der Waals surface area contributed by atoms with Gasteiger partial charge in [-0.1, -0.05) is 12.1 Å². The first-order chi connectivity index (χ1) is 7.72. The zero-order chi connectivity index (χ0) is 11.8. The number of rotatable bonds is 5. The molecule has 0 aliphatic heterocycles. The average Bonchev–Trinajstić information content (AvgIpc) is 2.26. The lowest BCUT2D eigenvalue weighted by molar-refractivity contribution is -0.121. The third-order valence-electron chi connectivity index (χ3n) is 1.86. The molecule has 0 bridgehead atoms. The van der Waals surface area contributed by atoms with Gasteiger partial charge in [-0.3, -0.25) is 4.79 Å². The van der Waals surface area contributed by atoms with Gasteiger partial charge in [0, 0.05) is 9.99 Å². The van der Waals surface area contributed by atoms with E-state index < -0.39 is 0 Å². The monoisotopic (exact) mass is 331 g/mol. The van der Waals surface area contributed by atoms with E-state index in [1.54, 1.807) is 6.21 Å². The van der Waals surface area contributed by atoms with Crippen molar-refractivity contribution in [2.45, 2.75) is 12.8 Å². The highest BCUT2D eigenvalue weighted by molar-refractivity contribution is 14.1. The zero-order valence-electron chi connectivity index (χ0n) is 8.82. The van der Waals surface area contributed by atoms with E-state index in [1.165, 1.54) is 0 Å². The Labute approximate surface area is 108 Å². The molecule has 0 spiro atoms. The smallest absolute Gasteiger partial charge is 0.240 e. The molecule has 3 N–H and O–H groups in total. The Bertz CT molecular complexity index is 379. The van der Waals surface area contributed by atoms with Gasteiger partial charge < -0.3 is 5.73 Å². The number of carbonyl (C=O) groups is 1. The largest absolute Gasteiger partial charge is 0.330 e. The van der Waals surface area contributed by atoms with Gasteiger partial charge in [0.05, 0.1) is 6.21 Å². The van der Waals surface area contributed by atoms with Crippen molar-refractivity contribution in [1.29, 1.82) is 0 Å². The van der Waals surface area contributed by atoms with Crippen LogP contribution in [0, 0.1) is 3.57 Å². The number of amides is 1. The second-order valence-electron chi connectivity index (χ2n) is 3.24. The summed E-state index contributed by atoms with van der Waals surface area (Å²) in [6, 6.07) is 7.85. The summed E-state index contributed by atoms with van der Waals surface area (Å²) in [5.41, 5.74) is 8.72. The van der Waals surface area contributed by atoms with Crippen LogP contribution in [0.2, 0.25) is 0 Å². The van der Waals surface area contributed by atoms with Gasteiger partial charge in [0.25, 0.3) is 0 Å². The lowest BCUT2D eigenvalue weighted by Crippen LogP contribution is -2.18. The number of hydrogen-bond donors (Lipinski definition) is 2. The van der Waals surface area contributed by atoms with Crippen molar-refractivity contribution in [3.63, 3.8) is 0 Å². The Balaban J connectivity index is 2.40. The van der Waals surface area contributed by atoms with E-state index in [-0.39, 0.29) is 5.91 Å². The van der Waals surface area contributed by atoms with Crippen LogP contribution in [-0.4, -0.2) is 18.7 Å². The van der Waals surface area contributed by atoms with E-state index in [0.29, 0.717) is 19.4 Å². The number of nitrogens with two attached hydrogens (primary N) is 1. The number of nitrogens with zero attached hydrogens (tertiary/aromatic N) is 1. The summed E-state index contributed by atoms with van der Waals surface area (Å²) in [7, 11) is 0. The van der Waals surface area contributed by atoms with Crippen molar-refractivity contribution in [1.82, 2.24) is 5.43 Å². The van der Waals surface area contributed by atoms with Crippen molar-refractivity contribution in [3.8, 4) is 0 Å². The van der Waals surface area contributed by atoms with Crippen LogP contribution < -0.4 is 11.2 Å². The van der Waals surface area contributed by atoms with E-state index in [2.05, 4.69) is 33.1 Å². The van der Waals surface area contributed by atoms with Gasteiger partial charge in [0.15, 0.2) is 0 Å². The lowest BCUT2D eigenvalue weighted by atomic mass is 10.2. The van der Waals surface area contributed by atoms with Gasteiger partial charge in [-0.25, -0.2) is 5.43 Å². The minimum atomic E-state index is -0.104. The fourth-order valence-corrected chi connectivity index (χ4v) is 1.65. The maximum atomic E-state index is 11.2. The Kier molecular flexibility index (Phi) is 6.02. The van der Waals surface area contributed by atoms with Gasteiger partial charge >= 0.3 is 0 Å². The molecule has 0 fully saturated rings. The molecule has 0 radical (unpaired) electrons. The predicted molar refractivity (Wildman–Crippen MR) is 73.2 cm³/mol. The first kappa shape index (κ1) is 13.1.